The molecule has 17 heavy (non-hydrogen) atoms. The summed E-state index contributed by atoms with van der Waals surface area (Å²) >= 11 is 0. The summed E-state index contributed by atoms with van der Waals surface area (Å²) in [5, 5.41) is 2.39. The van der Waals surface area contributed by atoms with Gasteiger partial charge < -0.3 is 15.8 Å². The number of nitrogens with two attached hydrogens (primary N) is 1. The van der Waals surface area contributed by atoms with E-state index in [1.807, 2.05) is 0 Å². The topological polar surface area (TPSA) is 64.4 Å². The Morgan fingerprint density at radius 1 is 1.59 bits per heavy atom. The van der Waals surface area contributed by atoms with Crippen molar-refractivity contribution in [1.82, 2.24) is 5.32 Å². The lowest BCUT2D eigenvalue weighted by Crippen LogP contribution is -2.21. The summed E-state index contributed by atoms with van der Waals surface area (Å²) in [4.78, 5) is 11.5. The standard InChI is InChI=1S/C11H18F2N2O2/c1-3-8(11(16)15-2)9(5-4-6-14)17-7-10(12)13/h3,10H,1,4-7,14H2,2H3,(H,15,16)/b9-8-. The lowest BCUT2D eigenvalue weighted by molar-refractivity contribution is -0.117. The van der Waals surface area contributed by atoms with Gasteiger partial charge in [-0.15, -0.1) is 0 Å². The number of ether oxygens (including phenoxy) is 1. The number of hydrogen-bond acceptors (Lipinski definition) is 3. The minimum absolute atomic E-state index is 0.168. The monoisotopic (exact) mass is 248 g/mol. The molecule has 0 fully saturated rings. The number of carbonyl (C=O) groups is 1. The van der Waals surface area contributed by atoms with Crippen molar-refractivity contribution >= 4 is 5.91 Å². The largest absolute Gasteiger partial charge is 0.491 e. The van der Waals surface area contributed by atoms with Gasteiger partial charge in [-0.25, -0.2) is 8.78 Å². The molecule has 3 N–H and O–H groups in total. The summed E-state index contributed by atoms with van der Waals surface area (Å²) in [6, 6.07) is 0. The molecule has 0 aliphatic heterocycles. The molecular formula is C11H18F2N2O2. The van der Waals surface area contributed by atoms with Crippen molar-refractivity contribution < 1.29 is 18.3 Å². The molecule has 4 nitrogen and oxygen atoms in total. The smallest absolute Gasteiger partial charge is 0.272 e. The molecule has 6 heteroatoms. The zero-order chi connectivity index (χ0) is 13.3. The third-order valence-corrected chi connectivity index (χ3v) is 1.97. The van der Waals surface area contributed by atoms with E-state index in [1.165, 1.54) is 13.1 Å². The number of likely N-dealkylation sites (N-methyl/N-ethyl adjacent to an activating group) is 1. The van der Waals surface area contributed by atoms with Crippen LogP contribution in [-0.4, -0.2) is 32.5 Å². The number of alkyl halides is 2. The van der Waals surface area contributed by atoms with Crippen molar-refractivity contribution in [2.24, 2.45) is 5.73 Å². The Morgan fingerprint density at radius 2 is 2.24 bits per heavy atom. The molecule has 0 unspecified atom stereocenters. The number of carbonyl (C=O) groups excluding carboxylic acids is 1. The maximum atomic E-state index is 12.1. The molecule has 98 valence electrons. The van der Waals surface area contributed by atoms with Crippen LogP contribution < -0.4 is 11.1 Å². The molecule has 0 aliphatic carbocycles. The highest BCUT2D eigenvalue weighted by Crippen LogP contribution is 2.15. The highest BCUT2D eigenvalue weighted by Gasteiger charge is 2.14. The minimum Gasteiger partial charge on any atom is -0.491 e. The van der Waals surface area contributed by atoms with E-state index < -0.39 is 18.9 Å². The van der Waals surface area contributed by atoms with Gasteiger partial charge >= 0.3 is 0 Å². The molecule has 0 saturated heterocycles. The summed E-state index contributed by atoms with van der Waals surface area (Å²) in [5.41, 5.74) is 5.50. The van der Waals surface area contributed by atoms with Crippen LogP contribution >= 0.6 is 0 Å². The zero-order valence-corrected chi connectivity index (χ0v) is 9.84. The first-order valence-corrected chi connectivity index (χ1v) is 5.25. The molecular weight excluding hydrogens is 230 g/mol. The van der Waals surface area contributed by atoms with Crippen LogP contribution in [0.15, 0.2) is 24.0 Å². The van der Waals surface area contributed by atoms with E-state index in [4.69, 9.17) is 10.5 Å². The Bertz CT molecular complexity index is 291. The fraction of sp³-hybridized carbons (Fsp3) is 0.545. The van der Waals surface area contributed by atoms with Crippen LogP contribution in [0.25, 0.3) is 0 Å². The number of rotatable bonds is 8. The summed E-state index contributed by atoms with van der Waals surface area (Å²) in [6.07, 6.45) is -0.417. The van der Waals surface area contributed by atoms with Gasteiger partial charge in [0.05, 0.1) is 5.57 Å². The Balaban J connectivity index is 4.86. The molecule has 1 amide bonds. The predicted molar refractivity (Wildman–Crippen MR) is 61.5 cm³/mol. The molecule has 0 saturated carbocycles. The van der Waals surface area contributed by atoms with Gasteiger partial charge in [-0.05, 0) is 13.0 Å². The maximum Gasteiger partial charge on any atom is 0.272 e. The molecule has 0 atom stereocenters. The van der Waals surface area contributed by atoms with Gasteiger partial charge in [0.2, 0.25) is 0 Å². The van der Waals surface area contributed by atoms with Crippen LogP contribution in [0.1, 0.15) is 12.8 Å². The summed E-state index contributed by atoms with van der Waals surface area (Å²) < 4.78 is 29.1. The van der Waals surface area contributed by atoms with Crippen molar-refractivity contribution in [3.63, 3.8) is 0 Å². The molecule has 0 aromatic heterocycles. The van der Waals surface area contributed by atoms with Crippen LogP contribution in [0.4, 0.5) is 8.78 Å². The fourth-order valence-corrected chi connectivity index (χ4v) is 1.18. The molecule has 0 heterocycles. The molecule has 0 aromatic carbocycles. The first kappa shape index (κ1) is 15.6. The lowest BCUT2D eigenvalue weighted by atomic mass is 10.1. The van der Waals surface area contributed by atoms with E-state index in [2.05, 4.69) is 11.9 Å². The van der Waals surface area contributed by atoms with Crippen LogP contribution in [0.3, 0.4) is 0 Å². The van der Waals surface area contributed by atoms with Crippen molar-refractivity contribution in [1.29, 1.82) is 0 Å². The van der Waals surface area contributed by atoms with Gasteiger partial charge in [0.25, 0.3) is 12.3 Å². The average molecular weight is 248 g/mol. The number of allylic oxidation sites excluding steroid dienone is 1. The SMILES string of the molecule is C=C/C(C(=O)NC)=C(\CCCN)OCC(F)F. The van der Waals surface area contributed by atoms with Gasteiger partial charge in [0, 0.05) is 13.5 Å². The van der Waals surface area contributed by atoms with Gasteiger partial charge in [0.1, 0.15) is 12.4 Å². The highest BCUT2D eigenvalue weighted by molar-refractivity contribution is 5.96. The second-order valence-electron chi connectivity index (χ2n) is 3.21. The first-order chi connectivity index (χ1) is 8.06. The molecule has 0 bridgehead atoms. The third-order valence-electron chi connectivity index (χ3n) is 1.97. The van der Waals surface area contributed by atoms with Crippen molar-refractivity contribution in [2.75, 3.05) is 20.2 Å². The fourth-order valence-electron chi connectivity index (χ4n) is 1.18. The molecule has 0 spiro atoms. The Hall–Kier alpha value is -1.43. The minimum atomic E-state index is -2.58. The third kappa shape index (κ3) is 6.01. The van der Waals surface area contributed by atoms with Gasteiger partial charge in [0.15, 0.2) is 0 Å². The first-order valence-electron chi connectivity index (χ1n) is 5.25. The number of amides is 1. The lowest BCUT2D eigenvalue weighted by Gasteiger charge is -2.13. The number of halogens is 2. The summed E-state index contributed by atoms with van der Waals surface area (Å²) in [7, 11) is 1.44. The molecule has 0 radical (unpaired) electrons. The van der Waals surface area contributed by atoms with Crippen molar-refractivity contribution in [3.8, 4) is 0 Å². The number of hydrogen-bond donors (Lipinski definition) is 2. The van der Waals surface area contributed by atoms with E-state index in [1.54, 1.807) is 0 Å². The van der Waals surface area contributed by atoms with E-state index in [-0.39, 0.29) is 11.3 Å². The van der Waals surface area contributed by atoms with Crippen LogP contribution in [0, 0.1) is 0 Å². The Labute approximate surface area is 99.5 Å². The van der Waals surface area contributed by atoms with Crippen LogP contribution in [0.5, 0.6) is 0 Å². The van der Waals surface area contributed by atoms with E-state index in [0.717, 1.165) is 0 Å². The Morgan fingerprint density at radius 3 is 2.65 bits per heavy atom. The predicted octanol–water partition coefficient (Wildman–Crippen LogP) is 1.19. The maximum absolute atomic E-state index is 12.1. The van der Waals surface area contributed by atoms with Gasteiger partial charge in [-0.2, -0.15) is 0 Å². The van der Waals surface area contributed by atoms with Crippen molar-refractivity contribution in [3.05, 3.63) is 24.0 Å². The van der Waals surface area contributed by atoms with Crippen molar-refractivity contribution in [2.45, 2.75) is 19.3 Å². The van der Waals surface area contributed by atoms with E-state index in [9.17, 15) is 13.6 Å². The summed E-state index contributed by atoms with van der Waals surface area (Å²) in [6.45, 7) is 3.12. The summed E-state index contributed by atoms with van der Waals surface area (Å²) in [5.74, 6) is -0.216. The van der Waals surface area contributed by atoms with Crippen LogP contribution in [-0.2, 0) is 9.53 Å². The quantitative estimate of drug-likeness (QED) is 0.385. The molecule has 0 aliphatic rings. The number of nitrogens with one attached hydrogen (secondary N) is 1. The molecule has 0 rings (SSSR count). The van der Waals surface area contributed by atoms with E-state index in [0.29, 0.717) is 19.4 Å². The Kier molecular flexibility index (Phi) is 7.96. The highest BCUT2D eigenvalue weighted by atomic mass is 19.3. The normalized spacial score (nSPS) is 12.1. The van der Waals surface area contributed by atoms with Crippen LogP contribution in [0.2, 0.25) is 0 Å². The molecule has 0 aromatic rings. The van der Waals surface area contributed by atoms with Gasteiger partial charge in [-0.1, -0.05) is 12.7 Å². The zero-order valence-electron chi connectivity index (χ0n) is 9.84. The average Bonchev–Trinajstić information content (AvgIpc) is 2.31. The second kappa shape index (κ2) is 8.69. The van der Waals surface area contributed by atoms with E-state index >= 15 is 0 Å². The second-order valence-corrected chi connectivity index (χ2v) is 3.21. The van der Waals surface area contributed by atoms with Gasteiger partial charge in [-0.3, -0.25) is 4.79 Å².